The number of aromatic nitrogens is 2. The maximum atomic E-state index is 5.25. The van der Waals surface area contributed by atoms with Crippen molar-refractivity contribution in [2.45, 2.75) is 0 Å². The van der Waals surface area contributed by atoms with Crippen LogP contribution in [0.2, 0.25) is 0 Å². The summed E-state index contributed by atoms with van der Waals surface area (Å²) in [5.41, 5.74) is 0.967. The number of hydrogen-bond donors (Lipinski definition) is 0. The predicted octanol–water partition coefficient (Wildman–Crippen LogP) is 2.38. The maximum Gasteiger partial charge on any atom is 0.270 e. The number of benzene rings is 1. The van der Waals surface area contributed by atoms with Gasteiger partial charge in [0, 0.05) is 5.38 Å². The SMILES string of the molecule is c1ccc2c3n(ccsnc2c1)O3. The van der Waals surface area contributed by atoms with E-state index in [0.29, 0.717) is 0 Å². The van der Waals surface area contributed by atoms with Gasteiger partial charge in [-0.25, -0.2) is 0 Å². The number of fused-ring (bicyclic) bond motifs is 3. The molecule has 2 heterocycles. The fourth-order valence-corrected chi connectivity index (χ4v) is 1.74. The molecule has 64 valence electrons. The molecule has 0 amide bonds. The molecule has 2 aromatic rings. The molecule has 1 aliphatic heterocycles. The lowest BCUT2D eigenvalue weighted by atomic mass is 10.2. The molecule has 3 rings (SSSR count). The van der Waals surface area contributed by atoms with Gasteiger partial charge in [0.1, 0.15) is 0 Å². The molecule has 0 fully saturated rings. The summed E-state index contributed by atoms with van der Waals surface area (Å²) in [6.45, 7) is 0. The van der Waals surface area contributed by atoms with Crippen molar-refractivity contribution in [1.82, 2.24) is 9.10 Å². The summed E-state index contributed by atoms with van der Waals surface area (Å²) in [6.07, 6.45) is 1.86. The summed E-state index contributed by atoms with van der Waals surface area (Å²) in [7, 11) is 0. The molecular weight excluding hydrogens is 184 g/mol. The molecular formula is C9H6N2OS. The van der Waals surface area contributed by atoms with Gasteiger partial charge in [0.2, 0.25) is 0 Å². The third kappa shape index (κ3) is 1.07. The number of hydrogen-bond acceptors (Lipinski definition) is 3. The fraction of sp³-hybridized carbons (Fsp3) is 0. The van der Waals surface area contributed by atoms with Crippen molar-refractivity contribution in [1.29, 1.82) is 0 Å². The lowest BCUT2D eigenvalue weighted by Crippen LogP contribution is -1.69. The van der Waals surface area contributed by atoms with Gasteiger partial charge in [0.15, 0.2) is 0 Å². The van der Waals surface area contributed by atoms with E-state index in [-0.39, 0.29) is 0 Å². The Labute approximate surface area is 78.6 Å². The van der Waals surface area contributed by atoms with E-state index in [1.54, 1.807) is 4.73 Å². The first kappa shape index (κ1) is 6.91. The first-order chi connectivity index (χ1) is 6.45. The van der Waals surface area contributed by atoms with Gasteiger partial charge in [-0.3, -0.25) is 0 Å². The molecule has 0 atom stereocenters. The van der Waals surface area contributed by atoms with Gasteiger partial charge in [-0.1, -0.05) is 12.1 Å². The Morgan fingerprint density at radius 1 is 1.31 bits per heavy atom. The zero-order chi connectivity index (χ0) is 8.67. The normalized spacial score (nSPS) is 11.7. The van der Waals surface area contributed by atoms with E-state index in [1.165, 1.54) is 11.5 Å². The molecule has 0 spiro atoms. The molecule has 1 aromatic heterocycles. The Morgan fingerprint density at radius 3 is 3.23 bits per heavy atom. The molecule has 0 radical (unpaired) electrons. The van der Waals surface area contributed by atoms with Crippen LogP contribution in [0.15, 0.2) is 35.8 Å². The highest BCUT2D eigenvalue weighted by Crippen LogP contribution is 2.31. The van der Waals surface area contributed by atoms with Gasteiger partial charge in [-0.2, -0.15) is 4.37 Å². The van der Waals surface area contributed by atoms with Gasteiger partial charge < -0.3 is 4.84 Å². The van der Waals surface area contributed by atoms with Crippen LogP contribution in [0.25, 0.3) is 10.9 Å². The van der Waals surface area contributed by atoms with E-state index in [9.17, 15) is 0 Å². The standard InChI is InChI=1S/C9H6N2OS/c1-2-4-8-7(3-1)9-11(12-9)5-6-13-10-8/h1-6H. The molecule has 4 heteroatoms. The maximum absolute atomic E-state index is 5.25. The van der Waals surface area contributed by atoms with E-state index < -0.39 is 0 Å². The molecule has 1 aromatic carbocycles. The average molecular weight is 190 g/mol. The average Bonchev–Trinajstić information content (AvgIpc) is 2.88. The van der Waals surface area contributed by atoms with Crippen molar-refractivity contribution in [3.05, 3.63) is 35.8 Å². The van der Waals surface area contributed by atoms with Crippen molar-refractivity contribution in [3.63, 3.8) is 0 Å². The monoisotopic (exact) mass is 190 g/mol. The van der Waals surface area contributed by atoms with Crippen molar-refractivity contribution in [2.24, 2.45) is 0 Å². The molecule has 0 saturated heterocycles. The minimum Gasteiger partial charge on any atom is -0.350 e. The second-order valence-corrected chi connectivity index (χ2v) is 3.39. The minimum absolute atomic E-state index is 0.885. The van der Waals surface area contributed by atoms with Gasteiger partial charge in [0.05, 0.1) is 17.1 Å². The highest BCUT2D eigenvalue weighted by atomic mass is 32.1. The van der Waals surface area contributed by atoms with E-state index in [1.807, 2.05) is 35.8 Å². The van der Waals surface area contributed by atoms with Crippen molar-refractivity contribution in [3.8, 4) is 5.88 Å². The molecule has 13 heavy (non-hydrogen) atoms. The molecule has 3 nitrogen and oxygen atoms in total. The Balaban J connectivity index is 2.51. The van der Waals surface area contributed by atoms with Crippen LogP contribution < -0.4 is 4.84 Å². The van der Waals surface area contributed by atoms with Gasteiger partial charge in [-0.05, 0) is 23.7 Å². The topological polar surface area (TPSA) is 30.4 Å². The van der Waals surface area contributed by atoms with Crippen LogP contribution in [0, 0.1) is 0 Å². The molecule has 0 saturated carbocycles. The Morgan fingerprint density at radius 2 is 2.23 bits per heavy atom. The van der Waals surface area contributed by atoms with Crippen LogP contribution in [0.4, 0.5) is 0 Å². The molecule has 0 bridgehead atoms. The first-order valence-electron chi connectivity index (χ1n) is 3.92. The lowest BCUT2D eigenvalue weighted by molar-refractivity contribution is 0.444. The van der Waals surface area contributed by atoms with Crippen molar-refractivity contribution in [2.75, 3.05) is 0 Å². The summed E-state index contributed by atoms with van der Waals surface area (Å²) in [6, 6.07) is 7.95. The zero-order valence-electron chi connectivity index (χ0n) is 6.68. The second-order valence-electron chi connectivity index (χ2n) is 2.72. The predicted molar refractivity (Wildman–Crippen MR) is 51.3 cm³/mol. The van der Waals surface area contributed by atoms with E-state index in [2.05, 4.69) is 4.37 Å². The quantitative estimate of drug-likeness (QED) is 0.509. The zero-order valence-corrected chi connectivity index (χ0v) is 7.49. The summed E-state index contributed by atoms with van der Waals surface area (Å²) in [5, 5.41) is 2.95. The number of rotatable bonds is 0. The van der Waals surface area contributed by atoms with Gasteiger partial charge in [0.25, 0.3) is 5.88 Å². The third-order valence-corrected chi connectivity index (χ3v) is 2.44. The van der Waals surface area contributed by atoms with Crippen LogP contribution in [-0.4, -0.2) is 9.10 Å². The molecule has 0 unspecified atom stereocenters. The minimum atomic E-state index is 0.885. The second kappa shape index (κ2) is 2.47. The van der Waals surface area contributed by atoms with E-state index in [4.69, 9.17) is 4.84 Å². The highest BCUT2D eigenvalue weighted by Gasteiger charge is 2.18. The van der Waals surface area contributed by atoms with Crippen LogP contribution in [-0.2, 0) is 0 Å². The van der Waals surface area contributed by atoms with Crippen molar-refractivity contribution < 1.29 is 4.84 Å². The van der Waals surface area contributed by atoms with Crippen LogP contribution in [0.5, 0.6) is 5.88 Å². The van der Waals surface area contributed by atoms with Crippen molar-refractivity contribution >= 4 is 22.4 Å². The fourth-order valence-electron chi connectivity index (χ4n) is 1.24. The Kier molecular flexibility index (Phi) is 1.31. The molecule has 0 N–H and O–H groups in total. The van der Waals surface area contributed by atoms with E-state index >= 15 is 0 Å². The number of nitrogens with zero attached hydrogens (tertiary/aromatic N) is 2. The Hall–Kier alpha value is -1.55. The summed E-state index contributed by atoms with van der Waals surface area (Å²) in [4.78, 5) is 5.25. The van der Waals surface area contributed by atoms with Crippen LogP contribution >= 0.6 is 11.5 Å². The summed E-state index contributed by atoms with van der Waals surface area (Å²) >= 11 is 1.41. The van der Waals surface area contributed by atoms with Gasteiger partial charge >= 0.3 is 0 Å². The smallest absolute Gasteiger partial charge is 0.270 e. The Bertz CT molecular complexity index is 513. The lowest BCUT2D eigenvalue weighted by Gasteiger charge is -1.86. The van der Waals surface area contributed by atoms with Crippen LogP contribution in [0.1, 0.15) is 0 Å². The van der Waals surface area contributed by atoms with E-state index in [0.717, 1.165) is 16.8 Å². The molecule has 1 aliphatic rings. The summed E-state index contributed by atoms with van der Waals surface area (Å²) < 4.78 is 6.06. The summed E-state index contributed by atoms with van der Waals surface area (Å²) in [5.74, 6) is 0.885. The molecule has 0 aliphatic carbocycles. The largest absolute Gasteiger partial charge is 0.350 e. The first-order valence-corrected chi connectivity index (χ1v) is 4.76. The van der Waals surface area contributed by atoms with Crippen LogP contribution in [0.3, 0.4) is 0 Å². The van der Waals surface area contributed by atoms with Gasteiger partial charge in [-0.15, -0.1) is 4.73 Å². The third-order valence-electron chi connectivity index (χ3n) is 1.90. The highest BCUT2D eigenvalue weighted by molar-refractivity contribution is 7.03.